The molecule has 0 unspecified atom stereocenters. The number of para-hydroxylation sites is 8. The molecule has 0 amide bonds. The summed E-state index contributed by atoms with van der Waals surface area (Å²) in [6, 6.07) is 80.8. The van der Waals surface area contributed by atoms with Crippen LogP contribution in [-0.4, -0.2) is 97.1 Å². The van der Waals surface area contributed by atoms with Crippen molar-refractivity contribution in [3.63, 3.8) is 0 Å². The van der Waals surface area contributed by atoms with Crippen LogP contribution >= 0.6 is 48.9 Å². The van der Waals surface area contributed by atoms with Gasteiger partial charge in [-0.15, -0.1) is 0 Å². The molecule has 0 radical (unpaired) electrons. The van der Waals surface area contributed by atoms with Gasteiger partial charge in [0, 0.05) is 145 Å². The minimum atomic E-state index is 0. The summed E-state index contributed by atoms with van der Waals surface area (Å²) in [7, 11) is 0. The molecule has 0 saturated carbocycles. The van der Waals surface area contributed by atoms with E-state index in [0.717, 1.165) is 45.5 Å². The Kier molecular flexibility index (Phi) is 44.9. The van der Waals surface area contributed by atoms with E-state index in [2.05, 4.69) is 88.7 Å². The molecule has 0 spiro atoms. The Labute approximate surface area is 633 Å². The van der Waals surface area contributed by atoms with Gasteiger partial charge in [-0.1, -0.05) is 194 Å². The van der Waals surface area contributed by atoms with Crippen LogP contribution in [0.3, 0.4) is 0 Å². The van der Waals surface area contributed by atoms with Crippen molar-refractivity contribution >= 4 is 69.5 Å². The first kappa shape index (κ1) is 83.9. The fourth-order valence-corrected chi connectivity index (χ4v) is 8.10. The van der Waals surface area contributed by atoms with Gasteiger partial charge in [-0.25, -0.2) is 39.9 Å². The smallest absolute Gasteiger partial charge is 0.753 e. The fourth-order valence-electron chi connectivity index (χ4n) is 8.10. The first-order valence-corrected chi connectivity index (χ1v) is 31.3. The van der Waals surface area contributed by atoms with E-state index in [1.165, 1.54) is 20.6 Å². The van der Waals surface area contributed by atoms with Crippen molar-refractivity contribution in [3.05, 3.63) is 414 Å². The molecule has 0 aliphatic carbocycles. The molecular formula is C76H64N20Ni2S4. The number of imidazole rings is 8. The van der Waals surface area contributed by atoms with Gasteiger partial charge >= 0.3 is 33.0 Å². The maximum Gasteiger partial charge on any atom is 2.00 e. The van der Waals surface area contributed by atoms with Crippen molar-refractivity contribution in [2.45, 2.75) is 0 Å². The maximum atomic E-state index is 7.13. The Morgan fingerprint density at radius 3 is 0.343 bits per heavy atom. The zero-order valence-electron chi connectivity index (χ0n) is 54.2. The molecule has 0 bridgehead atoms. The molecule has 26 heteroatoms. The van der Waals surface area contributed by atoms with Crippen LogP contribution < -0.4 is 0 Å². The molecule has 16 aromatic rings. The maximum absolute atomic E-state index is 7.13. The predicted octanol–water partition coefficient (Wildman–Crippen LogP) is 17.6. The number of thiocarbonyl (C=S) groups is 4. The molecule has 20 nitrogen and oxygen atoms in total. The molecular weight excluding hydrogens is 1440 g/mol. The largest absolute Gasteiger partial charge is 2.00 e. The van der Waals surface area contributed by atoms with E-state index in [9.17, 15) is 0 Å². The third-order valence-electron chi connectivity index (χ3n) is 12.5. The first-order chi connectivity index (χ1) is 49.4. The summed E-state index contributed by atoms with van der Waals surface area (Å²) in [4.78, 5) is 31.7. The molecule has 16 rings (SSSR count). The number of hydrogen-bond acceptors (Lipinski definition) is 12. The summed E-state index contributed by atoms with van der Waals surface area (Å²) in [5, 5.41) is 33.9. The van der Waals surface area contributed by atoms with E-state index < -0.39 is 0 Å². The van der Waals surface area contributed by atoms with Crippen LogP contribution in [0.25, 0.3) is 67.1 Å². The molecule has 0 atom stereocenters. The molecule has 102 heavy (non-hydrogen) atoms. The van der Waals surface area contributed by atoms with Gasteiger partial charge in [0.15, 0.2) is 0 Å². The summed E-state index contributed by atoms with van der Waals surface area (Å²) in [6.07, 6.45) is 43.9. The molecule has 0 saturated heterocycles. The van der Waals surface area contributed by atoms with E-state index in [1.807, 2.05) is 329 Å². The van der Waals surface area contributed by atoms with Crippen molar-refractivity contribution in [1.82, 2.24) is 76.4 Å². The average Bonchev–Trinajstić information content (AvgIpc) is 2.26. The molecule has 8 aromatic carbocycles. The normalized spacial score (nSPS) is 8.78. The number of rotatable bonds is 8. The van der Waals surface area contributed by atoms with Gasteiger partial charge < -0.3 is 58.2 Å². The topological polar surface area (TPSA) is 232 Å². The average molecular weight is 1500 g/mol. The number of benzene rings is 8. The number of isothiocyanates is 4. The molecule has 0 aliphatic heterocycles. The standard InChI is InChI=1S/8C9H8N2.4CNS.2Ni/c8*1-2-4-9(5-3-1)11-7-6-10-8-11;4*2-1-3;;/h8*1-8H;;;;;;/q;;;;;;;;4*-1;2*+2. The van der Waals surface area contributed by atoms with Crippen molar-refractivity contribution in [3.8, 4) is 45.5 Å². The molecule has 0 N–H and O–H groups in total. The predicted molar refractivity (Wildman–Crippen MR) is 412 cm³/mol. The van der Waals surface area contributed by atoms with Gasteiger partial charge in [0.2, 0.25) is 0 Å². The van der Waals surface area contributed by atoms with Crippen molar-refractivity contribution in [1.29, 1.82) is 0 Å². The van der Waals surface area contributed by atoms with Gasteiger partial charge in [-0.2, -0.15) is 20.6 Å². The SMILES string of the molecule is [N-]=C=S.[N-]=C=S.[N-]=C=S.[N-]=C=S.[Ni+2].[Ni+2].c1ccc(-n2ccnc2)cc1.c1ccc(-n2ccnc2)cc1.c1ccc(-n2ccnc2)cc1.c1ccc(-n2ccnc2)cc1.c1ccc(-n2ccnc2)cc1.c1ccc(-n2ccnc2)cc1.c1ccc(-n2ccnc2)cc1.c1ccc(-n2ccnc2)cc1. The van der Waals surface area contributed by atoms with E-state index in [-0.39, 0.29) is 33.0 Å². The summed E-state index contributed by atoms with van der Waals surface area (Å²) in [5.74, 6) is 0. The van der Waals surface area contributed by atoms with Crippen LogP contribution in [0.4, 0.5) is 0 Å². The second-order valence-corrected chi connectivity index (χ2v) is 19.5. The zero-order chi connectivity index (χ0) is 71.0. The summed E-state index contributed by atoms with van der Waals surface area (Å²) >= 11 is 14.8. The first-order valence-electron chi connectivity index (χ1n) is 29.7. The van der Waals surface area contributed by atoms with Crippen molar-refractivity contribution < 1.29 is 33.0 Å². The van der Waals surface area contributed by atoms with Crippen molar-refractivity contribution in [2.24, 2.45) is 0 Å². The fraction of sp³-hybridized carbons (Fsp3) is 0. The Morgan fingerprint density at radius 1 is 0.186 bits per heavy atom. The monoisotopic (exact) mass is 1500 g/mol. The second kappa shape index (κ2) is 54.6. The van der Waals surface area contributed by atoms with Gasteiger partial charge in [0.25, 0.3) is 0 Å². The minimum Gasteiger partial charge on any atom is -0.753 e. The second-order valence-electron chi connectivity index (χ2n) is 18.8. The van der Waals surface area contributed by atoms with Crippen LogP contribution in [0, 0.1) is 0 Å². The molecule has 0 fully saturated rings. The molecule has 8 heterocycles. The number of aromatic nitrogens is 16. The summed E-state index contributed by atoms with van der Waals surface area (Å²) in [6.45, 7) is 0. The summed E-state index contributed by atoms with van der Waals surface area (Å²) < 4.78 is 15.8. The van der Waals surface area contributed by atoms with E-state index in [0.29, 0.717) is 0 Å². The van der Waals surface area contributed by atoms with Gasteiger partial charge in [0.05, 0.1) is 50.6 Å². The van der Waals surface area contributed by atoms with E-state index >= 15 is 0 Å². The van der Waals surface area contributed by atoms with Gasteiger partial charge in [-0.3, -0.25) is 0 Å². The Hall–Kier alpha value is -12.4. The molecule has 0 aliphatic rings. The quantitative estimate of drug-likeness (QED) is 0.0785. The number of hydrogen-bond donors (Lipinski definition) is 0. The van der Waals surface area contributed by atoms with Crippen LogP contribution in [0.1, 0.15) is 0 Å². The zero-order valence-corrected chi connectivity index (χ0v) is 59.4. The van der Waals surface area contributed by atoms with Crippen LogP contribution in [-0.2, 0) is 33.0 Å². The molecule has 8 aromatic heterocycles. The van der Waals surface area contributed by atoms with E-state index in [1.54, 1.807) is 100 Å². The van der Waals surface area contributed by atoms with Crippen LogP contribution in [0.15, 0.2) is 392 Å². The van der Waals surface area contributed by atoms with Gasteiger partial charge in [-0.05, 0) is 97.1 Å². The third kappa shape index (κ3) is 33.7. The van der Waals surface area contributed by atoms with Gasteiger partial charge in [0.1, 0.15) is 0 Å². The van der Waals surface area contributed by atoms with Crippen LogP contribution in [0.2, 0.25) is 0 Å². The molecule has 512 valence electrons. The Balaban J connectivity index is 0.000000295. The summed E-state index contributed by atoms with van der Waals surface area (Å²) in [5.41, 5.74) is 9.15. The Bertz CT molecular complexity index is 3740. The number of nitrogens with zero attached hydrogens (tertiary/aromatic N) is 20. The van der Waals surface area contributed by atoms with Crippen LogP contribution in [0.5, 0.6) is 0 Å². The third-order valence-corrected chi connectivity index (χ3v) is 12.5. The Morgan fingerprint density at radius 2 is 0.275 bits per heavy atom. The minimum absolute atomic E-state index is 0. The van der Waals surface area contributed by atoms with E-state index in [4.69, 9.17) is 21.6 Å². The van der Waals surface area contributed by atoms with Crippen molar-refractivity contribution in [2.75, 3.05) is 0 Å².